The Bertz CT molecular complexity index is 847. The maximum atomic E-state index is 13.0. The number of ether oxygens (including phenoxy) is 1. The first kappa shape index (κ1) is 22.2. The molecule has 1 heterocycles. The van der Waals surface area contributed by atoms with E-state index in [2.05, 4.69) is 29.3 Å². The molecular weight excluding hydrogens is 406 g/mol. The summed E-state index contributed by atoms with van der Waals surface area (Å²) in [6, 6.07) is 7.13. The molecule has 0 saturated heterocycles. The van der Waals surface area contributed by atoms with E-state index in [0.717, 1.165) is 37.7 Å². The lowest BCUT2D eigenvalue weighted by molar-refractivity contribution is -0.151. The van der Waals surface area contributed by atoms with E-state index in [-0.39, 0.29) is 31.0 Å². The molecule has 0 aliphatic heterocycles. The quantitative estimate of drug-likeness (QED) is 0.563. The van der Waals surface area contributed by atoms with Gasteiger partial charge in [0.1, 0.15) is 13.1 Å². The van der Waals surface area contributed by atoms with Gasteiger partial charge in [-0.1, -0.05) is 38.3 Å². The zero-order valence-electron chi connectivity index (χ0n) is 17.5. The van der Waals surface area contributed by atoms with Crippen molar-refractivity contribution in [2.75, 3.05) is 13.2 Å². The lowest BCUT2D eigenvalue weighted by Gasteiger charge is -2.27. The van der Waals surface area contributed by atoms with E-state index in [1.165, 1.54) is 4.80 Å². The molecule has 1 aliphatic carbocycles. The van der Waals surface area contributed by atoms with Crippen LogP contribution in [0.4, 0.5) is 0 Å². The largest absolute Gasteiger partial charge is 0.464 e. The van der Waals surface area contributed by atoms with Crippen molar-refractivity contribution in [2.24, 2.45) is 5.92 Å². The molecule has 0 bridgehead atoms. The molecule has 3 rings (SSSR count). The highest BCUT2D eigenvalue weighted by atomic mass is 35.5. The first-order valence-electron chi connectivity index (χ1n) is 10.4. The molecular formula is C21H28ClN5O3. The smallest absolute Gasteiger partial charge is 0.325 e. The number of halogens is 1. The number of carbonyl (C=O) groups is 2. The molecule has 1 aliphatic rings. The second-order valence-electron chi connectivity index (χ2n) is 8.01. The number of aromatic nitrogens is 4. The Labute approximate surface area is 181 Å². The molecule has 30 heavy (non-hydrogen) atoms. The second kappa shape index (κ2) is 10.5. The highest BCUT2D eigenvalue weighted by Crippen LogP contribution is 2.24. The molecule has 1 aromatic heterocycles. The molecule has 1 amide bonds. The van der Waals surface area contributed by atoms with Gasteiger partial charge in [0.2, 0.25) is 11.7 Å². The van der Waals surface area contributed by atoms with Crippen LogP contribution >= 0.6 is 11.6 Å². The molecule has 2 aromatic rings. The minimum atomic E-state index is -0.371. The van der Waals surface area contributed by atoms with Crippen LogP contribution in [0.3, 0.4) is 0 Å². The van der Waals surface area contributed by atoms with Gasteiger partial charge in [0, 0.05) is 16.6 Å². The van der Waals surface area contributed by atoms with Gasteiger partial charge >= 0.3 is 5.97 Å². The van der Waals surface area contributed by atoms with Gasteiger partial charge < -0.3 is 9.64 Å². The zero-order chi connectivity index (χ0) is 21.5. The number of amides is 1. The Morgan fingerprint density at radius 1 is 1.23 bits per heavy atom. The van der Waals surface area contributed by atoms with Crippen LogP contribution in [0, 0.1) is 5.92 Å². The molecule has 9 heteroatoms. The molecule has 0 unspecified atom stereocenters. The van der Waals surface area contributed by atoms with Gasteiger partial charge in [0.05, 0.1) is 6.61 Å². The maximum Gasteiger partial charge on any atom is 0.325 e. The van der Waals surface area contributed by atoms with E-state index in [1.807, 2.05) is 0 Å². The number of hydrogen-bond donors (Lipinski definition) is 0. The molecule has 0 atom stereocenters. The Balaban J connectivity index is 1.63. The van der Waals surface area contributed by atoms with Gasteiger partial charge in [-0.3, -0.25) is 9.59 Å². The van der Waals surface area contributed by atoms with E-state index in [4.69, 9.17) is 16.3 Å². The number of benzene rings is 1. The van der Waals surface area contributed by atoms with Crippen LogP contribution in [0.1, 0.15) is 46.0 Å². The van der Waals surface area contributed by atoms with Crippen LogP contribution in [-0.2, 0) is 20.9 Å². The predicted octanol–water partition coefficient (Wildman–Crippen LogP) is 3.35. The minimum Gasteiger partial charge on any atom is -0.464 e. The summed E-state index contributed by atoms with van der Waals surface area (Å²) in [6.07, 6.45) is 4.70. The van der Waals surface area contributed by atoms with Crippen LogP contribution in [0.25, 0.3) is 11.4 Å². The molecule has 0 N–H and O–H groups in total. The van der Waals surface area contributed by atoms with Crippen molar-refractivity contribution in [3.05, 3.63) is 29.3 Å². The molecule has 8 nitrogen and oxygen atoms in total. The second-order valence-corrected chi connectivity index (χ2v) is 8.45. The third-order valence-electron chi connectivity index (χ3n) is 5.18. The molecule has 1 saturated carbocycles. The topological polar surface area (TPSA) is 90.2 Å². The summed E-state index contributed by atoms with van der Waals surface area (Å²) < 4.78 is 5.32. The van der Waals surface area contributed by atoms with E-state index >= 15 is 0 Å². The summed E-state index contributed by atoms with van der Waals surface area (Å²) in [5, 5.41) is 12.9. The number of nitrogens with zero attached hydrogens (tertiary/aromatic N) is 5. The lowest BCUT2D eigenvalue weighted by Crippen LogP contribution is -2.44. The highest BCUT2D eigenvalue weighted by Gasteiger charge is 2.29. The standard InChI is InChI=1S/C21H28ClN5O3/c1-15(2)11-12-30-20(29)14-26(18-5-3-4-6-18)19(28)13-27-24-21(23-25-27)16-7-9-17(22)10-8-16/h7-10,15,18H,3-6,11-14H2,1-2H3. The van der Waals surface area contributed by atoms with E-state index < -0.39 is 0 Å². The molecule has 1 aromatic carbocycles. The minimum absolute atomic E-state index is 0.0413. The monoisotopic (exact) mass is 433 g/mol. The zero-order valence-corrected chi connectivity index (χ0v) is 18.2. The Kier molecular flexibility index (Phi) is 7.79. The van der Waals surface area contributed by atoms with Crippen molar-refractivity contribution in [3.63, 3.8) is 0 Å². The van der Waals surface area contributed by atoms with Gasteiger partial charge in [-0.2, -0.15) is 4.80 Å². The van der Waals surface area contributed by atoms with Crippen LogP contribution in [0.5, 0.6) is 0 Å². The van der Waals surface area contributed by atoms with Crippen molar-refractivity contribution in [1.29, 1.82) is 0 Å². The first-order valence-corrected chi connectivity index (χ1v) is 10.8. The first-order chi connectivity index (χ1) is 14.4. The Morgan fingerprint density at radius 2 is 1.93 bits per heavy atom. The summed E-state index contributed by atoms with van der Waals surface area (Å²) >= 11 is 5.91. The summed E-state index contributed by atoms with van der Waals surface area (Å²) in [7, 11) is 0. The van der Waals surface area contributed by atoms with Gasteiger partial charge in [0.25, 0.3) is 0 Å². The van der Waals surface area contributed by atoms with Crippen LogP contribution in [0.2, 0.25) is 5.02 Å². The van der Waals surface area contributed by atoms with E-state index in [0.29, 0.717) is 23.4 Å². The van der Waals surface area contributed by atoms with Crippen molar-refractivity contribution in [1.82, 2.24) is 25.1 Å². The molecule has 1 fully saturated rings. The number of carbonyl (C=O) groups excluding carboxylic acids is 2. The van der Waals surface area contributed by atoms with Gasteiger partial charge in [-0.15, -0.1) is 10.2 Å². The summed E-state index contributed by atoms with van der Waals surface area (Å²) in [6.45, 7) is 4.41. The SMILES string of the molecule is CC(C)CCOC(=O)CN(C(=O)Cn1nnc(-c2ccc(Cl)cc2)n1)C1CCCC1. The van der Waals surface area contributed by atoms with Crippen molar-refractivity contribution in [2.45, 2.75) is 58.5 Å². The van der Waals surface area contributed by atoms with Gasteiger partial charge in [-0.05, 0) is 54.7 Å². The number of rotatable bonds is 9. The Hall–Kier alpha value is -2.48. The fourth-order valence-corrected chi connectivity index (χ4v) is 3.59. The van der Waals surface area contributed by atoms with Gasteiger partial charge in [0.15, 0.2) is 0 Å². The highest BCUT2D eigenvalue weighted by molar-refractivity contribution is 6.30. The summed E-state index contributed by atoms with van der Waals surface area (Å²) in [4.78, 5) is 28.2. The van der Waals surface area contributed by atoms with Crippen LogP contribution < -0.4 is 0 Å². The number of hydrogen-bond acceptors (Lipinski definition) is 6. The maximum absolute atomic E-state index is 13.0. The fraction of sp³-hybridized carbons (Fsp3) is 0.571. The summed E-state index contributed by atoms with van der Waals surface area (Å²) in [5.41, 5.74) is 0.763. The van der Waals surface area contributed by atoms with E-state index in [9.17, 15) is 9.59 Å². The van der Waals surface area contributed by atoms with Crippen molar-refractivity contribution < 1.29 is 14.3 Å². The average Bonchev–Trinajstić information content (AvgIpc) is 3.38. The Morgan fingerprint density at radius 3 is 2.60 bits per heavy atom. The predicted molar refractivity (Wildman–Crippen MR) is 113 cm³/mol. The van der Waals surface area contributed by atoms with Crippen LogP contribution in [-0.4, -0.2) is 56.2 Å². The van der Waals surface area contributed by atoms with Crippen molar-refractivity contribution in [3.8, 4) is 11.4 Å². The number of esters is 1. The third-order valence-corrected chi connectivity index (χ3v) is 5.43. The lowest BCUT2D eigenvalue weighted by atomic mass is 10.1. The fourth-order valence-electron chi connectivity index (χ4n) is 3.47. The molecule has 0 spiro atoms. The normalized spacial score (nSPS) is 14.3. The van der Waals surface area contributed by atoms with Gasteiger partial charge in [-0.25, -0.2) is 0 Å². The summed E-state index contributed by atoms with van der Waals surface area (Å²) in [5.74, 6) is 0.297. The average molecular weight is 434 g/mol. The molecule has 0 radical (unpaired) electrons. The molecule has 162 valence electrons. The van der Waals surface area contributed by atoms with Crippen molar-refractivity contribution >= 4 is 23.5 Å². The van der Waals surface area contributed by atoms with Crippen LogP contribution in [0.15, 0.2) is 24.3 Å². The third kappa shape index (κ3) is 6.26. The number of tetrazole rings is 1. The van der Waals surface area contributed by atoms with E-state index in [1.54, 1.807) is 29.2 Å².